The average Bonchev–Trinajstić information content (AvgIpc) is 2.27. The van der Waals surface area contributed by atoms with Gasteiger partial charge in [0.2, 0.25) is 0 Å². The zero-order valence-corrected chi connectivity index (χ0v) is 10.1. The monoisotopic (exact) mass is 207 g/mol. The van der Waals surface area contributed by atoms with Gasteiger partial charge < -0.3 is 10.5 Å². The van der Waals surface area contributed by atoms with E-state index >= 15 is 0 Å². The topological polar surface area (TPSA) is 35.2 Å². The van der Waals surface area contributed by atoms with E-state index in [1.165, 1.54) is 5.56 Å². The Hall–Kier alpha value is -1.02. The van der Waals surface area contributed by atoms with Crippen molar-refractivity contribution in [3.63, 3.8) is 0 Å². The van der Waals surface area contributed by atoms with Crippen LogP contribution in [0.1, 0.15) is 37.9 Å². The first-order valence-corrected chi connectivity index (χ1v) is 5.52. The second kappa shape index (κ2) is 5.17. The van der Waals surface area contributed by atoms with Gasteiger partial charge in [-0.3, -0.25) is 0 Å². The minimum absolute atomic E-state index is 0.0476. The first-order chi connectivity index (χ1) is 7.10. The van der Waals surface area contributed by atoms with Gasteiger partial charge in [-0.1, -0.05) is 32.9 Å². The Labute approximate surface area is 92.4 Å². The number of hydrogen-bond donors (Lipinski definition) is 1. The molecule has 1 atom stereocenters. The Morgan fingerprint density at radius 1 is 1.33 bits per heavy atom. The molecule has 0 amide bonds. The lowest BCUT2D eigenvalue weighted by Crippen LogP contribution is -2.17. The molecule has 1 aromatic carbocycles. The van der Waals surface area contributed by atoms with E-state index in [1.54, 1.807) is 7.11 Å². The molecule has 0 saturated carbocycles. The van der Waals surface area contributed by atoms with Crippen molar-refractivity contribution in [3.05, 3.63) is 29.3 Å². The Balaban J connectivity index is 3.11. The molecule has 2 heteroatoms. The highest BCUT2D eigenvalue weighted by Gasteiger charge is 2.15. The minimum Gasteiger partial charge on any atom is -0.496 e. The van der Waals surface area contributed by atoms with Gasteiger partial charge in [-0.05, 0) is 24.0 Å². The number of nitrogens with two attached hydrogens (primary N) is 1. The third-order valence-corrected chi connectivity index (χ3v) is 2.78. The quantitative estimate of drug-likeness (QED) is 0.824. The summed E-state index contributed by atoms with van der Waals surface area (Å²) in [5.74, 6) is 1.32. The summed E-state index contributed by atoms with van der Waals surface area (Å²) in [7, 11) is 1.69. The first kappa shape index (κ1) is 12.1. The third-order valence-electron chi connectivity index (χ3n) is 2.78. The summed E-state index contributed by atoms with van der Waals surface area (Å²) >= 11 is 0. The average molecular weight is 207 g/mol. The predicted octanol–water partition coefficient (Wildman–Crippen LogP) is 2.91. The highest BCUT2D eigenvalue weighted by atomic mass is 16.5. The first-order valence-electron chi connectivity index (χ1n) is 5.52. The van der Waals surface area contributed by atoms with Crippen LogP contribution in [0.15, 0.2) is 18.2 Å². The molecule has 0 aliphatic carbocycles. The van der Waals surface area contributed by atoms with Gasteiger partial charge in [0.1, 0.15) is 5.75 Å². The van der Waals surface area contributed by atoms with Crippen LogP contribution in [0.4, 0.5) is 0 Å². The van der Waals surface area contributed by atoms with Gasteiger partial charge in [0.25, 0.3) is 0 Å². The molecule has 0 radical (unpaired) electrons. The summed E-state index contributed by atoms with van der Waals surface area (Å²) in [6.45, 7) is 6.40. The van der Waals surface area contributed by atoms with E-state index in [0.29, 0.717) is 5.92 Å². The van der Waals surface area contributed by atoms with E-state index in [2.05, 4.69) is 32.9 Å². The smallest absolute Gasteiger partial charge is 0.123 e. The van der Waals surface area contributed by atoms with Crippen LogP contribution in [-0.2, 0) is 6.42 Å². The SMILES string of the molecule is CCc1ccc(OC)c(C(N)C(C)C)c1. The van der Waals surface area contributed by atoms with Gasteiger partial charge >= 0.3 is 0 Å². The molecule has 1 aromatic rings. The molecule has 2 nitrogen and oxygen atoms in total. The molecule has 2 N–H and O–H groups in total. The zero-order valence-electron chi connectivity index (χ0n) is 10.1. The molecular formula is C13H21NO. The van der Waals surface area contributed by atoms with Crippen molar-refractivity contribution in [1.82, 2.24) is 0 Å². The molecular weight excluding hydrogens is 186 g/mol. The van der Waals surface area contributed by atoms with Crippen molar-refractivity contribution in [3.8, 4) is 5.75 Å². The number of hydrogen-bond acceptors (Lipinski definition) is 2. The Kier molecular flexibility index (Phi) is 4.15. The number of rotatable bonds is 4. The van der Waals surface area contributed by atoms with Crippen molar-refractivity contribution >= 4 is 0 Å². The largest absolute Gasteiger partial charge is 0.496 e. The van der Waals surface area contributed by atoms with Crippen LogP contribution in [0, 0.1) is 5.92 Å². The lowest BCUT2D eigenvalue weighted by Gasteiger charge is -2.19. The van der Waals surface area contributed by atoms with Crippen molar-refractivity contribution in [1.29, 1.82) is 0 Å². The fourth-order valence-electron chi connectivity index (χ4n) is 1.62. The second-order valence-corrected chi connectivity index (χ2v) is 4.20. The summed E-state index contributed by atoms with van der Waals surface area (Å²) < 4.78 is 5.34. The van der Waals surface area contributed by atoms with Crippen LogP contribution in [0.5, 0.6) is 5.75 Å². The highest BCUT2D eigenvalue weighted by Crippen LogP contribution is 2.29. The molecule has 0 spiro atoms. The van der Waals surface area contributed by atoms with Crippen molar-refractivity contribution in [2.45, 2.75) is 33.2 Å². The molecule has 84 valence electrons. The van der Waals surface area contributed by atoms with E-state index in [0.717, 1.165) is 17.7 Å². The lowest BCUT2D eigenvalue weighted by molar-refractivity contribution is 0.396. The van der Waals surface area contributed by atoms with Crippen molar-refractivity contribution in [2.24, 2.45) is 11.7 Å². The lowest BCUT2D eigenvalue weighted by atomic mass is 9.94. The summed E-state index contributed by atoms with van der Waals surface area (Å²) in [4.78, 5) is 0. The molecule has 15 heavy (non-hydrogen) atoms. The molecule has 0 fully saturated rings. The normalized spacial score (nSPS) is 12.9. The molecule has 1 rings (SSSR count). The zero-order chi connectivity index (χ0) is 11.4. The van der Waals surface area contributed by atoms with Crippen LogP contribution < -0.4 is 10.5 Å². The van der Waals surface area contributed by atoms with Crippen LogP contribution in [0.3, 0.4) is 0 Å². The molecule has 0 aliphatic rings. The van der Waals surface area contributed by atoms with Gasteiger partial charge in [-0.25, -0.2) is 0 Å². The fourth-order valence-corrected chi connectivity index (χ4v) is 1.62. The third kappa shape index (κ3) is 2.72. The van der Waals surface area contributed by atoms with Gasteiger partial charge in [0.15, 0.2) is 0 Å². The van der Waals surface area contributed by atoms with Crippen molar-refractivity contribution in [2.75, 3.05) is 7.11 Å². The number of benzene rings is 1. The molecule has 0 bridgehead atoms. The molecule has 0 heterocycles. The van der Waals surface area contributed by atoms with Crippen LogP contribution in [-0.4, -0.2) is 7.11 Å². The number of methoxy groups -OCH3 is 1. The van der Waals surface area contributed by atoms with E-state index in [1.807, 2.05) is 6.07 Å². The van der Waals surface area contributed by atoms with Crippen LogP contribution >= 0.6 is 0 Å². The van der Waals surface area contributed by atoms with E-state index in [-0.39, 0.29) is 6.04 Å². The maximum atomic E-state index is 6.16. The number of aryl methyl sites for hydroxylation is 1. The van der Waals surface area contributed by atoms with E-state index in [4.69, 9.17) is 10.5 Å². The summed E-state index contributed by atoms with van der Waals surface area (Å²) in [5.41, 5.74) is 8.58. The molecule has 0 aromatic heterocycles. The standard InChI is InChI=1S/C13H21NO/c1-5-10-6-7-12(15-4)11(8-10)13(14)9(2)3/h6-9,13H,5,14H2,1-4H3. The van der Waals surface area contributed by atoms with Crippen LogP contribution in [0.2, 0.25) is 0 Å². The van der Waals surface area contributed by atoms with Gasteiger partial charge in [0, 0.05) is 11.6 Å². The second-order valence-electron chi connectivity index (χ2n) is 4.20. The summed E-state index contributed by atoms with van der Waals surface area (Å²) in [5, 5.41) is 0. The molecule has 0 aliphatic heterocycles. The van der Waals surface area contributed by atoms with Gasteiger partial charge in [-0.15, -0.1) is 0 Å². The Morgan fingerprint density at radius 2 is 2.00 bits per heavy atom. The van der Waals surface area contributed by atoms with Crippen molar-refractivity contribution < 1.29 is 4.74 Å². The summed E-state index contributed by atoms with van der Waals surface area (Å²) in [6.07, 6.45) is 1.03. The fraction of sp³-hybridized carbons (Fsp3) is 0.538. The maximum Gasteiger partial charge on any atom is 0.123 e. The predicted molar refractivity (Wildman–Crippen MR) is 64.1 cm³/mol. The maximum absolute atomic E-state index is 6.16. The van der Waals surface area contributed by atoms with Crippen LogP contribution in [0.25, 0.3) is 0 Å². The number of ether oxygens (including phenoxy) is 1. The molecule has 0 saturated heterocycles. The van der Waals surface area contributed by atoms with Gasteiger partial charge in [0.05, 0.1) is 7.11 Å². The Morgan fingerprint density at radius 3 is 2.47 bits per heavy atom. The molecule has 1 unspecified atom stereocenters. The van der Waals surface area contributed by atoms with E-state index < -0.39 is 0 Å². The van der Waals surface area contributed by atoms with E-state index in [9.17, 15) is 0 Å². The summed E-state index contributed by atoms with van der Waals surface area (Å²) in [6, 6.07) is 6.31. The van der Waals surface area contributed by atoms with Gasteiger partial charge in [-0.2, -0.15) is 0 Å². The Bertz CT molecular complexity index is 320. The minimum atomic E-state index is 0.0476. The highest BCUT2D eigenvalue weighted by molar-refractivity contribution is 5.39.